The number of thiol groups is 1. The average molecular weight is 313 g/mol. The number of benzene rings is 1. The van der Waals surface area contributed by atoms with Crippen molar-refractivity contribution in [1.82, 2.24) is 4.98 Å². The molecule has 0 amide bonds. The molecule has 0 aliphatic heterocycles. The Bertz CT molecular complexity index is 714. The first-order valence-electron chi connectivity index (χ1n) is 5.82. The topological polar surface area (TPSA) is 50.2 Å². The molecule has 1 aromatic carbocycles. The molecule has 0 bridgehead atoms. The predicted octanol–water partition coefficient (Wildman–Crippen LogP) is 4.06. The molecule has 2 aromatic rings. The molecule has 0 aliphatic rings. The molecular formula is C14H10F3NO2S. The van der Waals surface area contributed by atoms with E-state index < -0.39 is 17.7 Å². The first kappa shape index (κ1) is 15.4. The molecule has 7 heteroatoms. The van der Waals surface area contributed by atoms with Gasteiger partial charge in [-0.1, -0.05) is 18.2 Å². The molecule has 110 valence electrons. The van der Waals surface area contributed by atoms with E-state index in [1.807, 2.05) is 0 Å². The number of hydrogen-bond donors (Lipinski definition) is 2. The van der Waals surface area contributed by atoms with Crippen LogP contribution >= 0.6 is 12.6 Å². The Kier molecular flexibility index (Phi) is 3.95. The third kappa shape index (κ3) is 2.87. The number of aromatic nitrogens is 1. The maximum absolute atomic E-state index is 13.1. The van der Waals surface area contributed by atoms with Gasteiger partial charge < -0.3 is 5.11 Å². The molecule has 0 unspecified atom stereocenters. The maximum Gasteiger partial charge on any atom is 0.417 e. The lowest BCUT2D eigenvalue weighted by Gasteiger charge is -2.17. The molecule has 21 heavy (non-hydrogen) atoms. The zero-order chi connectivity index (χ0) is 15.8. The van der Waals surface area contributed by atoms with Gasteiger partial charge >= 0.3 is 12.1 Å². The van der Waals surface area contributed by atoms with Crippen LogP contribution in [0.15, 0.2) is 35.5 Å². The highest BCUT2D eigenvalue weighted by atomic mass is 32.1. The number of carbonyl (C=O) groups is 1. The Morgan fingerprint density at radius 2 is 1.90 bits per heavy atom. The molecule has 0 saturated heterocycles. The smallest absolute Gasteiger partial charge is 0.417 e. The molecule has 0 atom stereocenters. The van der Waals surface area contributed by atoms with Gasteiger partial charge in [0, 0.05) is 11.8 Å². The van der Waals surface area contributed by atoms with E-state index >= 15 is 0 Å². The van der Waals surface area contributed by atoms with Crippen molar-refractivity contribution in [2.24, 2.45) is 0 Å². The SMILES string of the molecule is Cc1cnc(S)c(C(=O)O)c1-c1ccccc1C(F)(F)F. The average Bonchev–Trinajstić information content (AvgIpc) is 2.39. The molecule has 0 aliphatic carbocycles. The predicted molar refractivity (Wildman–Crippen MR) is 73.6 cm³/mol. The molecule has 0 saturated carbocycles. The Hall–Kier alpha value is -2.02. The highest BCUT2D eigenvalue weighted by Gasteiger charge is 2.35. The van der Waals surface area contributed by atoms with E-state index in [0.717, 1.165) is 6.07 Å². The van der Waals surface area contributed by atoms with Crippen LogP contribution in [0.2, 0.25) is 0 Å². The van der Waals surface area contributed by atoms with Crippen molar-refractivity contribution >= 4 is 18.6 Å². The number of rotatable bonds is 2. The Balaban J connectivity index is 2.86. The largest absolute Gasteiger partial charge is 0.478 e. The second-order valence-electron chi connectivity index (χ2n) is 4.36. The zero-order valence-electron chi connectivity index (χ0n) is 10.8. The van der Waals surface area contributed by atoms with Gasteiger partial charge in [-0.2, -0.15) is 13.2 Å². The quantitative estimate of drug-likeness (QED) is 0.822. The summed E-state index contributed by atoms with van der Waals surface area (Å²) in [4.78, 5) is 15.1. The number of hydrogen-bond acceptors (Lipinski definition) is 3. The lowest BCUT2D eigenvalue weighted by molar-refractivity contribution is -0.137. The van der Waals surface area contributed by atoms with Gasteiger partial charge in [0.05, 0.1) is 11.1 Å². The van der Waals surface area contributed by atoms with Crippen molar-refractivity contribution in [1.29, 1.82) is 0 Å². The molecule has 0 spiro atoms. The van der Waals surface area contributed by atoms with E-state index in [-0.39, 0.29) is 21.7 Å². The van der Waals surface area contributed by atoms with Gasteiger partial charge in [0.2, 0.25) is 0 Å². The number of pyridine rings is 1. The lowest BCUT2D eigenvalue weighted by Crippen LogP contribution is -2.10. The summed E-state index contributed by atoms with van der Waals surface area (Å²) in [5, 5.41) is 9.13. The molecule has 2 rings (SSSR count). The fourth-order valence-electron chi connectivity index (χ4n) is 2.09. The van der Waals surface area contributed by atoms with Crippen molar-refractivity contribution in [3.05, 3.63) is 47.2 Å². The van der Waals surface area contributed by atoms with Crippen LogP contribution in [0.1, 0.15) is 21.5 Å². The van der Waals surface area contributed by atoms with E-state index in [1.165, 1.54) is 31.3 Å². The fraction of sp³-hybridized carbons (Fsp3) is 0.143. The zero-order valence-corrected chi connectivity index (χ0v) is 11.7. The van der Waals surface area contributed by atoms with E-state index in [9.17, 15) is 23.1 Å². The maximum atomic E-state index is 13.1. The summed E-state index contributed by atoms with van der Waals surface area (Å²) in [6.07, 6.45) is -3.28. The van der Waals surface area contributed by atoms with Gasteiger partial charge in [0.15, 0.2) is 0 Å². The van der Waals surface area contributed by atoms with Crippen LogP contribution in [0.5, 0.6) is 0 Å². The van der Waals surface area contributed by atoms with Crippen molar-refractivity contribution in [2.75, 3.05) is 0 Å². The normalized spacial score (nSPS) is 11.5. The summed E-state index contributed by atoms with van der Waals surface area (Å²) >= 11 is 3.94. The minimum absolute atomic E-state index is 0.0181. The van der Waals surface area contributed by atoms with Gasteiger partial charge in [-0.3, -0.25) is 0 Å². The Morgan fingerprint density at radius 1 is 1.29 bits per heavy atom. The first-order valence-corrected chi connectivity index (χ1v) is 6.26. The van der Waals surface area contributed by atoms with Crippen molar-refractivity contribution in [2.45, 2.75) is 18.1 Å². The van der Waals surface area contributed by atoms with E-state index in [2.05, 4.69) is 17.6 Å². The molecule has 1 aromatic heterocycles. The second kappa shape index (κ2) is 5.40. The molecule has 0 fully saturated rings. The molecule has 1 N–H and O–H groups in total. The number of aryl methyl sites for hydroxylation is 1. The van der Waals surface area contributed by atoms with Crippen LogP contribution in [0, 0.1) is 6.92 Å². The summed E-state index contributed by atoms with van der Waals surface area (Å²) in [6, 6.07) is 4.84. The van der Waals surface area contributed by atoms with E-state index in [0.29, 0.717) is 5.56 Å². The van der Waals surface area contributed by atoms with Crippen LogP contribution in [0.25, 0.3) is 11.1 Å². The van der Waals surface area contributed by atoms with Crippen LogP contribution in [0.4, 0.5) is 13.2 Å². The van der Waals surface area contributed by atoms with Crippen molar-refractivity contribution < 1.29 is 23.1 Å². The van der Waals surface area contributed by atoms with Gasteiger partial charge in [0.25, 0.3) is 0 Å². The van der Waals surface area contributed by atoms with E-state index in [4.69, 9.17) is 0 Å². The summed E-state index contributed by atoms with van der Waals surface area (Å²) in [5.74, 6) is -1.37. The van der Waals surface area contributed by atoms with Crippen molar-refractivity contribution in [3.63, 3.8) is 0 Å². The number of carboxylic acid groups (broad SMARTS) is 1. The first-order chi connectivity index (χ1) is 9.73. The van der Waals surface area contributed by atoms with Gasteiger partial charge in [0.1, 0.15) is 5.03 Å². The number of nitrogens with zero attached hydrogens (tertiary/aromatic N) is 1. The third-order valence-corrected chi connectivity index (χ3v) is 3.30. The van der Waals surface area contributed by atoms with Crippen LogP contribution < -0.4 is 0 Å². The monoisotopic (exact) mass is 313 g/mol. The number of aromatic carboxylic acids is 1. The number of alkyl halides is 3. The third-order valence-electron chi connectivity index (χ3n) is 2.96. The molecule has 0 radical (unpaired) electrons. The lowest BCUT2D eigenvalue weighted by atomic mass is 9.93. The number of carboxylic acids is 1. The van der Waals surface area contributed by atoms with Gasteiger partial charge in [-0.25, -0.2) is 9.78 Å². The van der Waals surface area contributed by atoms with Gasteiger partial charge in [-0.05, 0) is 24.1 Å². The minimum Gasteiger partial charge on any atom is -0.478 e. The highest BCUT2D eigenvalue weighted by Crippen LogP contribution is 2.40. The Labute approximate surface area is 123 Å². The minimum atomic E-state index is -4.58. The second-order valence-corrected chi connectivity index (χ2v) is 4.79. The summed E-state index contributed by atoms with van der Waals surface area (Å²) < 4.78 is 39.4. The van der Waals surface area contributed by atoms with Crippen LogP contribution in [-0.2, 0) is 6.18 Å². The summed E-state index contributed by atoms with van der Waals surface area (Å²) in [5.41, 5.74) is -1.11. The molecule has 3 nitrogen and oxygen atoms in total. The van der Waals surface area contributed by atoms with Crippen molar-refractivity contribution in [3.8, 4) is 11.1 Å². The van der Waals surface area contributed by atoms with Crippen LogP contribution in [0.3, 0.4) is 0 Å². The standard InChI is InChI=1S/C14H10F3NO2S/c1-7-6-18-12(21)11(13(19)20)10(7)8-4-2-3-5-9(8)14(15,16)17/h2-6H,1H3,(H,18,21)(H,19,20). The van der Waals surface area contributed by atoms with Crippen LogP contribution in [-0.4, -0.2) is 16.1 Å². The summed E-state index contributed by atoms with van der Waals surface area (Å²) in [7, 11) is 0. The highest BCUT2D eigenvalue weighted by molar-refractivity contribution is 7.80. The Morgan fingerprint density at radius 3 is 2.48 bits per heavy atom. The molecular weight excluding hydrogens is 303 g/mol. The fourth-order valence-corrected chi connectivity index (χ4v) is 2.36. The van der Waals surface area contributed by atoms with E-state index in [1.54, 1.807) is 0 Å². The number of halogens is 3. The van der Waals surface area contributed by atoms with Gasteiger partial charge in [-0.15, -0.1) is 12.6 Å². The summed E-state index contributed by atoms with van der Waals surface area (Å²) in [6.45, 7) is 1.51. The molecule has 1 heterocycles.